The van der Waals surface area contributed by atoms with E-state index in [0.29, 0.717) is 11.6 Å². The molecule has 2 nitrogen and oxygen atoms in total. The van der Waals surface area contributed by atoms with Crippen LogP contribution in [-0.4, -0.2) is 45.6 Å². The third-order valence-electron chi connectivity index (χ3n) is 11.9. The van der Waals surface area contributed by atoms with E-state index < -0.39 is 16.1 Å². The van der Waals surface area contributed by atoms with E-state index in [2.05, 4.69) is 155 Å². The molecule has 2 heterocycles. The first-order chi connectivity index (χ1) is 26.3. The number of benzene rings is 4. The van der Waals surface area contributed by atoms with Gasteiger partial charge in [-0.05, 0) is 168 Å². The average molecular weight is 797 g/mol. The second-order valence-corrected chi connectivity index (χ2v) is 25.8. The minimum atomic E-state index is -0.600. The summed E-state index contributed by atoms with van der Waals surface area (Å²) in [5, 5.41) is 6.26. The van der Waals surface area contributed by atoms with Crippen molar-refractivity contribution in [3.05, 3.63) is 119 Å². The van der Waals surface area contributed by atoms with Gasteiger partial charge in [0.1, 0.15) is 0 Å². The molecule has 54 heavy (non-hydrogen) atoms. The maximum Gasteiger partial charge on any atom is 0.0323 e. The highest BCUT2D eigenvalue weighted by Gasteiger charge is 2.42. The highest BCUT2D eigenvalue weighted by atomic mass is 31.2. The molecule has 4 unspecified atom stereocenters. The van der Waals surface area contributed by atoms with Crippen molar-refractivity contribution < 1.29 is 0 Å². The van der Waals surface area contributed by atoms with Crippen LogP contribution in [0.4, 0.5) is 0 Å². The summed E-state index contributed by atoms with van der Waals surface area (Å²) in [6.07, 6.45) is 14.6. The van der Waals surface area contributed by atoms with Crippen molar-refractivity contribution in [3.8, 4) is 0 Å². The minimum Gasteiger partial charge on any atom is -0.252 e. The van der Waals surface area contributed by atoms with E-state index in [1.165, 1.54) is 116 Å². The van der Waals surface area contributed by atoms with E-state index in [4.69, 9.17) is 0 Å². The van der Waals surface area contributed by atoms with Gasteiger partial charge in [0.05, 0.1) is 0 Å². The molecule has 2 aliphatic rings. The second-order valence-electron chi connectivity index (χ2n) is 15.9. The van der Waals surface area contributed by atoms with E-state index in [-0.39, 0.29) is 16.1 Å². The first kappa shape index (κ1) is 42.1. The molecule has 6 heteroatoms. The van der Waals surface area contributed by atoms with Crippen molar-refractivity contribution in [1.82, 2.24) is 8.88 Å². The molecule has 0 amide bonds. The highest BCUT2D eigenvalue weighted by Crippen LogP contribution is 2.67. The van der Waals surface area contributed by atoms with Crippen LogP contribution in [0.2, 0.25) is 0 Å². The average Bonchev–Trinajstić information content (AvgIpc) is 3.83. The lowest BCUT2D eigenvalue weighted by atomic mass is 9.91. The van der Waals surface area contributed by atoms with Crippen molar-refractivity contribution in [2.24, 2.45) is 0 Å². The van der Waals surface area contributed by atoms with Gasteiger partial charge in [0.2, 0.25) is 0 Å². The Bertz CT molecular complexity index is 1750. The summed E-state index contributed by atoms with van der Waals surface area (Å²) in [5.41, 5.74) is 8.96. The van der Waals surface area contributed by atoms with Gasteiger partial charge in [-0.25, -0.2) is 0 Å². The Morgan fingerprint density at radius 3 is 1.80 bits per heavy atom. The molecular formula is C48H68N2P4. The van der Waals surface area contributed by atoms with Crippen molar-refractivity contribution in [1.29, 1.82) is 0 Å². The Kier molecular flexibility index (Phi) is 15.8. The number of unbranched alkanes of at least 4 members (excludes halogenated alkanes) is 2. The third kappa shape index (κ3) is 9.61. The van der Waals surface area contributed by atoms with Crippen LogP contribution in [0.25, 0.3) is 0 Å². The number of nitrogens with zero attached hydrogens (tertiary/aromatic N) is 2. The lowest BCUT2D eigenvalue weighted by Crippen LogP contribution is -2.30. The van der Waals surface area contributed by atoms with E-state index >= 15 is 0 Å². The molecule has 4 aromatic rings. The Balaban J connectivity index is 1.37. The summed E-state index contributed by atoms with van der Waals surface area (Å²) in [7, 11) is -1.60. The molecule has 6 atom stereocenters. The van der Waals surface area contributed by atoms with Crippen molar-refractivity contribution in [3.63, 3.8) is 0 Å². The molecule has 4 aromatic carbocycles. The van der Waals surface area contributed by atoms with Crippen LogP contribution in [0.1, 0.15) is 119 Å². The van der Waals surface area contributed by atoms with E-state index in [0.717, 1.165) is 5.66 Å². The monoisotopic (exact) mass is 796 g/mol. The van der Waals surface area contributed by atoms with Crippen LogP contribution in [0.15, 0.2) is 91.0 Å². The standard InChI is InChI=1S/C48H68N2P4/c1-9-13-30-49(51-32-19-25-42(51)11-3)54(47-26-16-15-22-39(47)7)48-28-27-41(36-40(48)8)45-29-33-52(46(45)12-4)50(31-14-10-2)53(43-23-17-20-37(5)34-43)44-24-18-21-38(6)35-44/h15-18,20-24,26-28,34-36,42,45-46H,9-14,19,25,29-33H2,1-8H3/t42-,45?,46-,51?,52?,54?/m1/s1. The first-order valence-corrected chi connectivity index (χ1v) is 27.0. The molecule has 290 valence electrons. The maximum absolute atomic E-state index is 3.11. The Morgan fingerprint density at radius 1 is 0.593 bits per heavy atom. The van der Waals surface area contributed by atoms with Gasteiger partial charge in [-0.2, -0.15) is 0 Å². The fraction of sp³-hybridized carbons (Fsp3) is 0.500. The molecule has 0 N–H and O–H groups in total. The van der Waals surface area contributed by atoms with E-state index in [1.807, 2.05) is 0 Å². The zero-order valence-corrected chi connectivity index (χ0v) is 38.3. The predicted octanol–water partition coefficient (Wildman–Crippen LogP) is 13.2. The fourth-order valence-electron chi connectivity index (χ4n) is 9.09. The quantitative estimate of drug-likeness (QED) is 0.0982. The second kappa shape index (κ2) is 20.3. The van der Waals surface area contributed by atoms with Gasteiger partial charge in [0, 0.05) is 29.2 Å². The first-order valence-electron chi connectivity index (χ1n) is 21.3. The van der Waals surface area contributed by atoms with Gasteiger partial charge in [-0.3, -0.25) is 8.88 Å². The van der Waals surface area contributed by atoms with Crippen LogP contribution in [0, 0.1) is 27.7 Å². The summed E-state index contributed by atoms with van der Waals surface area (Å²) in [6, 6.07) is 36.3. The van der Waals surface area contributed by atoms with Gasteiger partial charge >= 0.3 is 0 Å². The topological polar surface area (TPSA) is 6.48 Å². The van der Waals surface area contributed by atoms with Crippen LogP contribution < -0.4 is 21.2 Å². The van der Waals surface area contributed by atoms with E-state index in [1.54, 1.807) is 16.2 Å². The lowest BCUT2D eigenvalue weighted by Gasteiger charge is -2.41. The lowest BCUT2D eigenvalue weighted by molar-refractivity contribution is 0.611. The number of rotatable bonds is 17. The van der Waals surface area contributed by atoms with Gasteiger partial charge in [0.15, 0.2) is 0 Å². The number of hydrogen-bond donors (Lipinski definition) is 0. The fourth-order valence-corrected chi connectivity index (χ4v) is 23.9. The van der Waals surface area contributed by atoms with Crippen LogP contribution in [0.5, 0.6) is 0 Å². The van der Waals surface area contributed by atoms with Crippen LogP contribution >= 0.6 is 32.3 Å². The minimum absolute atomic E-state index is 0.128. The molecular weight excluding hydrogens is 728 g/mol. The highest BCUT2D eigenvalue weighted by molar-refractivity contribution is 7.80. The van der Waals surface area contributed by atoms with Crippen molar-refractivity contribution in [2.75, 3.05) is 25.4 Å². The number of aryl methyl sites for hydroxylation is 4. The largest absolute Gasteiger partial charge is 0.252 e. The maximum atomic E-state index is 3.11. The summed E-state index contributed by atoms with van der Waals surface area (Å²) in [6.45, 7) is 21.5. The van der Waals surface area contributed by atoms with Gasteiger partial charge in [0.25, 0.3) is 0 Å². The summed E-state index contributed by atoms with van der Waals surface area (Å²) >= 11 is 0. The number of hydrogen-bond acceptors (Lipinski definition) is 2. The molecule has 0 radical (unpaired) electrons. The molecule has 0 spiro atoms. The zero-order valence-electron chi connectivity index (χ0n) is 34.8. The van der Waals surface area contributed by atoms with Gasteiger partial charge in [-0.15, -0.1) is 0 Å². The van der Waals surface area contributed by atoms with Crippen LogP contribution in [-0.2, 0) is 0 Å². The summed E-state index contributed by atoms with van der Waals surface area (Å²) < 4.78 is 6.19. The molecule has 2 aliphatic heterocycles. The Morgan fingerprint density at radius 2 is 1.22 bits per heavy atom. The molecule has 0 saturated carbocycles. The van der Waals surface area contributed by atoms with Crippen LogP contribution in [0.3, 0.4) is 0 Å². The molecule has 6 rings (SSSR count). The van der Waals surface area contributed by atoms with Gasteiger partial charge < -0.3 is 0 Å². The Labute approximate surface area is 335 Å². The van der Waals surface area contributed by atoms with Crippen molar-refractivity contribution >= 4 is 53.5 Å². The summed E-state index contributed by atoms with van der Waals surface area (Å²) in [5.74, 6) is 0.634. The molecule has 0 aromatic heterocycles. The third-order valence-corrected chi connectivity index (χ3v) is 25.2. The smallest absolute Gasteiger partial charge is 0.0323 e. The molecule has 0 bridgehead atoms. The Hall–Kier alpha value is -1.48. The zero-order chi connectivity index (χ0) is 38.2. The summed E-state index contributed by atoms with van der Waals surface area (Å²) in [4.78, 5) is 0. The van der Waals surface area contributed by atoms with Crippen molar-refractivity contribution in [2.45, 2.75) is 130 Å². The SMILES string of the molecule is CCCCN(P(c1ccccc1C)c1ccc(C2CCP(N(CCCC)P(c3cccc(C)c3)c3cccc(C)c3)[C@@H]2CC)cc1C)P1CCC[C@H]1CC. The normalized spacial score (nSPS) is 22.2. The molecule has 2 saturated heterocycles. The van der Waals surface area contributed by atoms with Gasteiger partial charge in [-0.1, -0.05) is 131 Å². The predicted molar refractivity (Wildman–Crippen MR) is 249 cm³/mol. The molecule has 2 fully saturated rings. The van der Waals surface area contributed by atoms with E-state index in [9.17, 15) is 0 Å². The molecule has 0 aliphatic carbocycles.